The molecule has 0 saturated heterocycles. The van der Waals surface area contributed by atoms with E-state index in [1.807, 2.05) is 6.07 Å². The molecule has 0 aliphatic heterocycles. The number of hydrogen-bond acceptors (Lipinski definition) is 5. The van der Waals surface area contributed by atoms with Crippen LogP contribution >= 0.6 is 0 Å². The number of rotatable bonds is 4. The zero-order valence-corrected chi connectivity index (χ0v) is 11.1. The van der Waals surface area contributed by atoms with Gasteiger partial charge in [-0.3, -0.25) is 9.48 Å². The van der Waals surface area contributed by atoms with Crippen LogP contribution in [0, 0.1) is 11.3 Å². The smallest absolute Gasteiger partial charge is 0.354 e. The molecule has 2 aromatic heterocycles. The van der Waals surface area contributed by atoms with E-state index in [4.69, 9.17) is 10.4 Å². The van der Waals surface area contributed by atoms with E-state index in [0.29, 0.717) is 5.56 Å². The highest BCUT2D eigenvalue weighted by Gasteiger charge is 2.16. The Labute approximate surface area is 119 Å². The first-order valence-corrected chi connectivity index (χ1v) is 5.91. The number of amides is 1. The van der Waals surface area contributed by atoms with Crippen LogP contribution in [0.4, 0.5) is 0 Å². The molecule has 2 aromatic rings. The summed E-state index contributed by atoms with van der Waals surface area (Å²) >= 11 is 0. The maximum absolute atomic E-state index is 11.9. The van der Waals surface area contributed by atoms with Gasteiger partial charge in [0.05, 0.1) is 11.8 Å². The lowest BCUT2D eigenvalue weighted by Crippen LogP contribution is -2.24. The number of nitrogens with one attached hydrogen (secondary N) is 1. The van der Waals surface area contributed by atoms with Gasteiger partial charge in [0.1, 0.15) is 11.8 Å². The van der Waals surface area contributed by atoms with Crippen LogP contribution in [0.25, 0.3) is 0 Å². The molecule has 2 heterocycles. The second kappa shape index (κ2) is 5.83. The molecule has 0 fully saturated rings. The Kier molecular flexibility index (Phi) is 3.95. The Morgan fingerprint density at radius 3 is 2.76 bits per heavy atom. The summed E-state index contributed by atoms with van der Waals surface area (Å²) in [5.41, 5.74) is 0.926. The van der Waals surface area contributed by atoms with E-state index in [9.17, 15) is 9.59 Å². The summed E-state index contributed by atoms with van der Waals surface area (Å²) in [6.07, 6.45) is 2.68. The first-order chi connectivity index (χ1) is 10.0. The second-order valence-electron chi connectivity index (χ2n) is 4.17. The van der Waals surface area contributed by atoms with E-state index in [1.54, 1.807) is 0 Å². The number of carboxylic acids is 1. The molecule has 0 spiro atoms. The van der Waals surface area contributed by atoms with Gasteiger partial charge in [-0.05, 0) is 12.1 Å². The quantitative estimate of drug-likeness (QED) is 0.834. The fraction of sp³-hybridized carbons (Fsp3) is 0.154. The van der Waals surface area contributed by atoms with Crippen molar-refractivity contribution in [1.82, 2.24) is 20.1 Å². The summed E-state index contributed by atoms with van der Waals surface area (Å²) in [7, 11) is 1.51. The van der Waals surface area contributed by atoms with E-state index >= 15 is 0 Å². The highest BCUT2D eigenvalue weighted by Crippen LogP contribution is 2.08. The number of aryl methyl sites for hydroxylation is 1. The van der Waals surface area contributed by atoms with Crippen molar-refractivity contribution >= 4 is 11.9 Å². The van der Waals surface area contributed by atoms with Gasteiger partial charge in [-0.1, -0.05) is 0 Å². The third kappa shape index (κ3) is 3.03. The molecule has 8 heteroatoms. The monoisotopic (exact) mass is 285 g/mol. The van der Waals surface area contributed by atoms with Crippen molar-refractivity contribution in [2.75, 3.05) is 0 Å². The molecule has 21 heavy (non-hydrogen) atoms. The van der Waals surface area contributed by atoms with Crippen LogP contribution in [0.2, 0.25) is 0 Å². The van der Waals surface area contributed by atoms with E-state index < -0.39 is 11.9 Å². The Balaban J connectivity index is 2.07. The van der Waals surface area contributed by atoms with Gasteiger partial charge in [-0.15, -0.1) is 0 Å². The van der Waals surface area contributed by atoms with E-state index in [2.05, 4.69) is 15.4 Å². The van der Waals surface area contributed by atoms with Crippen molar-refractivity contribution in [2.45, 2.75) is 6.54 Å². The molecule has 0 saturated carbocycles. The number of carbonyl (C=O) groups excluding carboxylic acids is 1. The van der Waals surface area contributed by atoms with Gasteiger partial charge in [0.2, 0.25) is 0 Å². The van der Waals surface area contributed by atoms with Gasteiger partial charge >= 0.3 is 5.97 Å². The lowest BCUT2D eigenvalue weighted by molar-refractivity contribution is 0.0682. The lowest BCUT2D eigenvalue weighted by Gasteiger charge is -2.05. The molecule has 1 amide bonds. The molecular weight excluding hydrogens is 274 g/mol. The Morgan fingerprint density at radius 1 is 1.43 bits per heavy atom. The number of aromatic carboxylic acids is 1. The first-order valence-electron chi connectivity index (χ1n) is 5.91. The highest BCUT2D eigenvalue weighted by molar-refractivity contribution is 5.94. The van der Waals surface area contributed by atoms with Crippen molar-refractivity contribution in [3.63, 3.8) is 0 Å². The van der Waals surface area contributed by atoms with Crippen LogP contribution in [-0.2, 0) is 13.6 Å². The van der Waals surface area contributed by atoms with E-state index in [0.717, 1.165) is 0 Å². The number of aromatic nitrogens is 3. The minimum atomic E-state index is -1.11. The summed E-state index contributed by atoms with van der Waals surface area (Å²) < 4.78 is 1.23. The van der Waals surface area contributed by atoms with Crippen molar-refractivity contribution in [2.24, 2.45) is 7.05 Å². The summed E-state index contributed by atoms with van der Waals surface area (Å²) in [6, 6.07) is 4.76. The Hall–Kier alpha value is -3.21. The lowest BCUT2D eigenvalue weighted by atomic mass is 10.2. The first kappa shape index (κ1) is 14.2. The average molecular weight is 285 g/mol. The van der Waals surface area contributed by atoms with Crippen LogP contribution in [-0.4, -0.2) is 31.7 Å². The number of pyridine rings is 1. The minimum absolute atomic E-state index is 0.0215. The summed E-state index contributed by atoms with van der Waals surface area (Å²) in [5, 5.41) is 24.1. The SMILES string of the molecule is Cn1ncc(CNC(=O)c2ccc(C#N)nc2)c1C(=O)O. The third-order valence-electron chi connectivity index (χ3n) is 2.80. The number of carboxylic acid groups (broad SMARTS) is 1. The van der Waals surface area contributed by atoms with Gasteiger partial charge in [0.15, 0.2) is 5.69 Å². The predicted octanol–water partition coefficient (Wildman–Crippen LogP) is 0.315. The van der Waals surface area contributed by atoms with Crippen molar-refractivity contribution < 1.29 is 14.7 Å². The van der Waals surface area contributed by atoms with Crippen molar-refractivity contribution in [3.05, 3.63) is 47.0 Å². The third-order valence-corrected chi connectivity index (χ3v) is 2.80. The molecule has 0 unspecified atom stereocenters. The second-order valence-corrected chi connectivity index (χ2v) is 4.17. The predicted molar refractivity (Wildman–Crippen MR) is 70.3 cm³/mol. The zero-order chi connectivity index (χ0) is 15.4. The molecule has 0 radical (unpaired) electrons. The number of carbonyl (C=O) groups is 2. The fourth-order valence-corrected chi connectivity index (χ4v) is 1.76. The number of nitrogens with zero attached hydrogens (tertiary/aromatic N) is 4. The van der Waals surface area contributed by atoms with Crippen LogP contribution < -0.4 is 5.32 Å². The highest BCUT2D eigenvalue weighted by atomic mass is 16.4. The topological polar surface area (TPSA) is 121 Å². The Bertz CT molecular complexity index is 727. The van der Waals surface area contributed by atoms with Crippen LogP contribution in [0.5, 0.6) is 0 Å². The van der Waals surface area contributed by atoms with Crippen LogP contribution in [0.15, 0.2) is 24.5 Å². The summed E-state index contributed by atoms with van der Waals surface area (Å²) in [5.74, 6) is -1.52. The molecule has 106 valence electrons. The van der Waals surface area contributed by atoms with Crippen molar-refractivity contribution in [1.29, 1.82) is 5.26 Å². The van der Waals surface area contributed by atoms with Crippen molar-refractivity contribution in [3.8, 4) is 6.07 Å². The molecule has 2 rings (SSSR count). The number of nitriles is 1. The maximum Gasteiger partial charge on any atom is 0.354 e. The molecule has 0 aromatic carbocycles. The van der Waals surface area contributed by atoms with Gasteiger partial charge < -0.3 is 10.4 Å². The molecule has 0 atom stereocenters. The Morgan fingerprint density at radius 2 is 2.19 bits per heavy atom. The maximum atomic E-state index is 11.9. The standard InChI is InChI=1S/C13H11N5O3/c1-18-11(13(20)21)9(7-17-18)6-16-12(19)8-2-3-10(4-14)15-5-8/h2-3,5,7H,6H2,1H3,(H,16,19)(H,20,21). The molecule has 0 aliphatic carbocycles. The van der Waals surface area contributed by atoms with Gasteiger partial charge in [0, 0.05) is 25.4 Å². The molecule has 0 aliphatic rings. The minimum Gasteiger partial charge on any atom is -0.477 e. The zero-order valence-electron chi connectivity index (χ0n) is 11.1. The molecular formula is C13H11N5O3. The largest absolute Gasteiger partial charge is 0.477 e. The van der Waals surface area contributed by atoms with E-state index in [-0.39, 0.29) is 23.5 Å². The normalized spacial score (nSPS) is 9.90. The van der Waals surface area contributed by atoms with Gasteiger partial charge in [0.25, 0.3) is 5.91 Å². The van der Waals surface area contributed by atoms with Gasteiger partial charge in [-0.2, -0.15) is 10.4 Å². The van der Waals surface area contributed by atoms with Crippen LogP contribution in [0.1, 0.15) is 32.1 Å². The molecule has 8 nitrogen and oxygen atoms in total. The number of hydrogen-bond donors (Lipinski definition) is 2. The summed E-state index contributed by atoms with van der Waals surface area (Å²) in [4.78, 5) is 26.8. The fourth-order valence-electron chi connectivity index (χ4n) is 1.76. The van der Waals surface area contributed by atoms with Crippen LogP contribution in [0.3, 0.4) is 0 Å². The van der Waals surface area contributed by atoms with E-state index in [1.165, 1.54) is 36.3 Å². The van der Waals surface area contributed by atoms with Gasteiger partial charge in [-0.25, -0.2) is 9.78 Å². The summed E-state index contributed by atoms with van der Waals surface area (Å²) in [6.45, 7) is 0.0360. The molecule has 0 bridgehead atoms. The molecule has 2 N–H and O–H groups in total. The average Bonchev–Trinajstić information content (AvgIpc) is 2.86.